The number of halogens is 2. The van der Waals surface area contributed by atoms with Crippen LogP contribution in [0.1, 0.15) is 25.0 Å². The van der Waals surface area contributed by atoms with Crippen molar-refractivity contribution in [3.05, 3.63) is 95.6 Å². The summed E-state index contributed by atoms with van der Waals surface area (Å²) in [6, 6.07) is 17.2. The summed E-state index contributed by atoms with van der Waals surface area (Å²) in [7, 11) is -6.71. The molecule has 0 aliphatic rings. The largest absolute Gasteiger partial charge is 0.319 e. The van der Waals surface area contributed by atoms with Crippen molar-refractivity contribution in [1.29, 1.82) is 0 Å². The zero-order chi connectivity index (χ0) is 31.4. The molecule has 0 fully saturated rings. The Kier molecular flexibility index (Phi) is 9.16. The van der Waals surface area contributed by atoms with Gasteiger partial charge in [-0.1, -0.05) is 30.3 Å². The fraction of sp³-hybridized carbons (Fsp3) is 0.143. The standard InChI is InChI=1S/C28H27F2N7O4S2/c1-17(19-8-12-21(13-9-19)42(3,38)39)34-36-25-16-26(32-28(31-25)33-27-23(29)6-5-7-24(27)30)37-35-18(2)20-10-14-22(15-11-20)43(4,40)41/h5-16H,1-4H3,(H3,31,32,33,36,37). The first-order valence-electron chi connectivity index (χ1n) is 12.5. The molecule has 0 spiro atoms. The minimum absolute atomic E-state index is 0.134. The Hall–Kier alpha value is -4.76. The molecule has 3 N–H and O–H groups in total. The van der Waals surface area contributed by atoms with E-state index in [2.05, 4.69) is 36.3 Å². The van der Waals surface area contributed by atoms with Gasteiger partial charge in [0.05, 0.1) is 21.2 Å². The Bertz CT molecular complexity index is 1800. The number of hydrazone groups is 2. The van der Waals surface area contributed by atoms with Gasteiger partial charge in [0.15, 0.2) is 31.3 Å². The summed E-state index contributed by atoms with van der Waals surface area (Å²) < 4.78 is 75.6. The number of hydrogen-bond donors (Lipinski definition) is 3. The molecular formula is C28H27F2N7O4S2. The van der Waals surface area contributed by atoms with Gasteiger partial charge >= 0.3 is 0 Å². The lowest BCUT2D eigenvalue weighted by atomic mass is 10.1. The van der Waals surface area contributed by atoms with Crippen molar-refractivity contribution in [2.75, 3.05) is 28.7 Å². The van der Waals surface area contributed by atoms with Crippen LogP contribution in [-0.2, 0) is 19.7 Å². The Balaban J connectivity index is 1.63. The second-order valence-corrected chi connectivity index (χ2v) is 13.4. The van der Waals surface area contributed by atoms with E-state index in [1.807, 2.05) is 0 Å². The van der Waals surface area contributed by atoms with Gasteiger partial charge in [-0.2, -0.15) is 20.2 Å². The molecule has 1 heterocycles. The highest BCUT2D eigenvalue weighted by molar-refractivity contribution is 7.91. The zero-order valence-corrected chi connectivity index (χ0v) is 25.1. The van der Waals surface area contributed by atoms with Crippen LogP contribution in [0.5, 0.6) is 0 Å². The summed E-state index contributed by atoms with van der Waals surface area (Å²) in [4.78, 5) is 8.82. The summed E-state index contributed by atoms with van der Waals surface area (Å²) >= 11 is 0. The third-order valence-electron chi connectivity index (χ3n) is 6.00. The third kappa shape index (κ3) is 8.17. The van der Waals surface area contributed by atoms with Gasteiger partial charge in [-0.25, -0.2) is 25.6 Å². The molecular weight excluding hydrogens is 600 g/mol. The summed E-state index contributed by atoms with van der Waals surface area (Å²) in [6.45, 7) is 3.39. The van der Waals surface area contributed by atoms with Crippen LogP contribution in [-0.4, -0.2) is 50.7 Å². The average Bonchev–Trinajstić information content (AvgIpc) is 2.96. The molecule has 4 aromatic rings. The predicted molar refractivity (Wildman–Crippen MR) is 162 cm³/mol. The first kappa shape index (κ1) is 31.2. The summed E-state index contributed by atoms with van der Waals surface area (Å²) in [5.41, 5.74) is 7.35. The molecule has 0 aliphatic carbocycles. The molecule has 0 saturated heterocycles. The Morgan fingerprint density at radius 3 is 1.44 bits per heavy atom. The number of aromatic nitrogens is 2. The number of rotatable bonds is 10. The number of anilines is 4. The lowest BCUT2D eigenvalue weighted by Gasteiger charge is -2.11. The van der Waals surface area contributed by atoms with Crippen LogP contribution in [0.15, 0.2) is 92.8 Å². The maximum absolute atomic E-state index is 14.3. The molecule has 15 heteroatoms. The van der Waals surface area contributed by atoms with Crippen LogP contribution < -0.4 is 16.2 Å². The van der Waals surface area contributed by atoms with Crippen molar-refractivity contribution < 1.29 is 25.6 Å². The minimum atomic E-state index is -3.35. The molecule has 4 rings (SSSR count). The fourth-order valence-corrected chi connectivity index (χ4v) is 4.91. The summed E-state index contributed by atoms with van der Waals surface area (Å²) in [6.07, 6.45) is 2.23. The molecule has 11 nitrogen and oxygen atoms in total. The lowest BCUT2D eigenvalue weighted by molar-refractivity contribution is 0.590. The van der Waals surface area contributed by atoms with Crippen LogP contribution in [0.25, 0.3) is 0 Å². The molecule has 224 valence electrons. The van der Waals surface area contributed by atoms with E-state index in [1.54, 1.807) is 38.1 Å². The minimum Gasteiger partial charge on any atom is -0.319 e. The topological polar surface area (TPSA) is 155 Å². The van der Waals surface area contributed by atoms with Gasteiger partial charge in [0.2, 0.25) is 5.95 Å². The van der Waals surface area contributed by atoms with Crippen LogP contribution in [0.4, 0.5) is 32.1 Å². The SMILES string of the molecule is CC(=NNc1cc(NN=C(C)c2ccc(S(C)(=O)=O)cc2)nc(Nc2c(F)cccc2F)n1)c1ccc(S(C)(=O)=O)cc1. The summed E-state index contributed by atoms with van der Waals surface area (Å²) in [5, 5.41) is 11.1. The van der Waals surface area contributed by atoms with E-state index in [0.717, 1.165) is 24.6 Å². The van der Waals surface area contributed by atoms with Crippen molar-refractivity contribution in [3.63, 3.8) is 0 Å². The Morgan fingerprint density at radius 2 is 1.07 bits per heavy atom. The van der Waals surface area contributed by atoms with E-state index in [1.165, 1.54) is 36.4 Å². The fourth-order valence-electron chi connectivity index (χ4n) is 3.64. The highest BCUT2D eigenvalue weighted by atomic mass is 32.2. The molecule has 0 radical (unpaired) electrons. The number of nitrogens with one attached hydrogen (secondary N) is 3. The van der Waals surface area contributed by atoms with Gasteiger partial charge < -0.3 is 5.32 Å². The normalized spacial score (nSPS) is 12.6. The van der Waals surface area contributed by atoms with Crippen molar-refractivity contribution in [2.24, 2.45) is 10.2 Å². The van der Waals surface area contributed by atoms with Gasteiger partial charge in [0.1, 0.15) is 17.3 Å². The van der Waals surface area contributed by atoms with E-state index >= 15 is 0 Å². The van der Waals surface area contributed by atoms with Crippen LogP contribution in [0, 0.1) is 11.6 Å². The average molecular weight is 628 g/mol. The molecule has 0 saturated carbocycles. The van der Waals surface area contributed by atoms with Crippen LogP contribution in [0.3, 0.4) is 0 Å². The van der Waals surface area contributed by atoms with E-state index in [0.29, 0.717) is 22.6 Å². The molecule has 0 bridgehead atoms. The van der Waals surface area contributed by atoms with Crippen molar-refractivity contribution >= 4 is 54.4 Å². The third-order valence-corrected chi connectivity index (χ3v) is 8.26. The monoisotopic (exact) mass is 627 g/mol. The molecule has 0 amide bonds. The quantitative estimate of drug-likeness (QED) is 0.163. The number of hydrogen-bond acceptors (Lipinski definition) is 11. The number of para-hydroxylation sites is 1. The van der Waals surface area contributed by atoms with E-state index in [9.17, 15) is 25.6 Å². The second kappa shape index (κ2) is 12.6. The predicted octanol–water partition coefficient (Wildman–Crippen LogP) is 4.98. The zero-order valence-electron chi connectivity index (χ0n) is 23.4. The first-order valence-corrected chi connectivity index (χ1v) is 16.3. The van der Waals surface area contributed by atoms with Gasteiger partial charge in [0.25, 0.3) is 0 Å². The van der Waals surface area contributed by atoms with Crippen molar-refractivity contribution in [2.45, 2.75) is 23.6 Å². The molecule has 0 atom stereocenters. The highest BCUT2D eigenvalue weighted by Crippen LogP contribution is 2.24. The molecule has 0 unspecified atom stereocenters. The van der Waals surface area contributed by atoms with E-state index in [-0.39, 0.29) is 27.4 Å². The van der Waals surface area contributed by atoms with E-state index < -0.39 is 37.0 Å². The van der Waals surface area contributed by atoms with E-state index in [4.69, 9.17) is 0 Å². The van der Waals surface area contributed by atoms with Crippen molar-refractivity contribution in [3.8, 4) is 0 Å². The van der Waals surface area contributed by atoms with Crippen molar-refractivity contribution in [1.82, 2.24) is 9.97 Å². The van der Waals surface area contributed by atoms with Gasteiger partial charge in [-0.3, -0.25) is 10.9 Å². The van der Waals surface area contributed by atoms with Gasteiger partial charge in [0, 0.05) is 18.6 Å². The van der Waals surface area contributed by atoms with Crippen LogP contribution >= 0.6 is 0 Å². The first-order chi connectivity index (χ1) is 20.2. The Labute approximate surface area is 247 Å². The Morgan fingerprint density at radius 1 is 0.674 bits per heavy atom. The maximum Gasteiger partial charge on any atom is 0.231 e. The lowest BCUT2D eigenvalue weighted by Crippen LogP contribution is -2.08. The summed E-state index contributed by atoms with van der Waals surface area (Å²) in [5.74, 6) is -1.61. The number of nitrogens with zero attached hydrogens (tertiary/aromatic N) is 4. The molecule has 3 aromatic carbocycles. The molecule has 0 aliphatic heterocycles. The maximum atomic E-state index is 14.3. The number of sulfone groups is 2. The van der Waals surface area contributed by atoms with Gasteiger partial charge in [-0.15, -0.1) is 0 Å². The second-order valence-electron chi connectivity index (χ2n) is 9.39. The smallest absolute Gasteiger partial charge is 0.231 e. The van der Waals surface area contributed by atoms with Gasteiger partial charge in [-0.05, 0) is 61.4 Å². The molecule has 43 heavy (non-hydrogen) atoms. The number of benzene rings is 3. The van der Waals surface area contributed by atoms with Crippen LogP contribution in [0.2, 0.25) is 0 Å². The molecule has 1 aromatic heterocycles. The highest BCUT2D eigenvalue weighted by Gasteiger charge is 2.13.